The minimum Gasteiger partial charge on any atom is -0.497 e. The van der Waals surface area contributed by atoms with Crippen LogP contribution >= 0.6 is 0 Å². The Kier molecular flexibility index (Phi) is 5.00. The third-order valence-electron chi connectivity index (χ3n) is 3.21. The third-order valence-corrected chi connectivity index (χ3v) is 3.21. The molecule has 0 spiro atoms. The average Bonchev–Trinajstić information content (AvgIpc) is 2.86. The first-order valence-electron chi connectivity index (χ1n) is 7.08. The van der Waals surface area contributed by atoms with Gasteiger partial charge < -0.3 is 29.4 Å². The van der Waals surface area contributed by atoms with E-state index in [4.69, 9.17) is 24.7 Å². The zero-order valence-corrected chi connectivity index (χ0v) is 13.6. The third kappa shape index (κ3) is 4.07. The highest BCUT2D eigenvalue weighted by Gasteiger charge is 2.41. The van der Waals surface area contributed by atoms with Crippen molar-refractivity contribution in [3.8, 4) is 11.5 Å². The van der Waals surface area contributed by atoms with Crippen molar-refractivity contribution in [1.82, 2.24) is 0 Å². The molecule has 7 nitrogen and oxygen atoms in total. The molecule has 2 N–H and O–H groups in total. The van der Waals surface area contributed by atoms with E-state index in [9.17, 15) is 4.79 Å². The molecule has 0 bridgehead atoms. The summed E-state index contributed by atoms with van der Waals surface area (Å²) in [6, 6.07) is 7.11. The Bertz CT molecular complexity index is 593. The predicted molar refractivity (Wildman–Crippen MR) is 81.8 cm³/mol. The van der Waals surface area contributed by atoms with E-state index < -0.39 is 17.9 Å². The van der Waals surface area contributed by atoms with Gasteiger partial charge in [0.1, 0.15) is 18.1 Å². The zero-order valence-electron chi connectivity index (χ0n) is 13.6. The van der Waals surface area contributed by atoms with Crippen LogP contribution in [-0.2, 0) is 19.0 Å². The van der Waals surface area contributed by atoms with E-state index in [1.807, 2.05) is 0 Å². The van der Waals surface area contributed by atoms with Gasteiger partial charge in [0.25, 0.3) is 0 Å². The van der Waals surface area contributed by atoms with Crippen LogP contribution in [0.4, 0.5) is 0 Å². The van der Waals surface area contributed by atoms with Crippen molar-refractivity contribution >= 4 is 5.97 Å². The Labute approximate surface area is 134 Å². The smallest absolute Gasteiger partial charge is 0.357 e. The van der Waals surface area contributed by atoms with Gasteiger partial charge in [0.05, 0.1) is 14.2 Å². The minimum atomic E-state index is -0.901. The van der Waals surface area contributed by atoms with E-state index >= 15 is 0 Å². The predicted octanol–water partition coefficient (Wildman–Crippen LogP) is 1.57. The van der Waals surface area contributed by atoms with Crippen molar-refractivity contribution in [3.63, 3.8) is 0 Å². The first-order chi connectivity index (χ1) is 10.9. The van der Waals surface area contributed by atoms with E-state index in [1.165, 1.54) is 7.11 Å². The summed E-state index contributed by atoms with van der Waals surface area (Å²) >= 11 is 0. The van der Waals surface area contributed by atoms with Crippen LogP contribution in [0.3, 0.4) is 0 Å². The van der Waals surface area contributed by atoms with E-state index in [-0.39, 0.29) is 18.1 Å². The van der Waals surface area contributed by atoms with Crippen LogP contribution in [0.1, 0.15) is 13.8 Å². The largest absolute Gasteiger partial charge is 0.497 e. The van der Waals surface area contributed by atoms with Crippen molar-refractivity contribution in [2.45, 2.75) is 25.7 Å². The van der Waals surface area contributed by atoms with Crippen molar-refractivity contribution in [2.24, 2.45) is 5.73 Å². The van der Waals surface area contributed by atoms with Crippen molar-refractivity contribution in [3.05, 3.63) is 35.7 Å². The average molecular weight is 323 g/mol. The highest BCUT2D eigenvalue weighted by Crippen LogP contribution is 2.32. The number of ether oxygens (including phenoxy) is 5. The van der Waals surface area contributed by atoms with Gasteiger partial charge in [0.2, 0.25) is 5.79 Å². The lowest BCUT2D eigenvalue weighted by atomic mass is 10.2. The number of nitrogens with two attached hydrogens (primary N) is 1. The number of methoxy groups -OCH3 is 2. The van der Waals surface area contributed by atoms with Crippen LogP contribution in [0, 0.1) is 0 Å². The Morgan fingerprint density at radius 2 is 1.83 bits per heavy atom. The van der Waals surface area contributed by atoms with Crippen LogP contribution in [0.5, 0.6) is 11.5 Å². The molecule has 0 aromatic heterocycles. The SMILES string of the molecule is COC(=O)/C(N)=C1/OC(C)(C)O[C@H]1COc1ccc(OC)cc1. The number of carbonyl (C=O) groups excluding carboxylic acids is 1. The Hall–Kier alpha value is -2.41. The van der Waals surface area contributed by atoms with Gasteiger partial charge >= 0.3 is 5.97 Å². The zero-order chi connectivity index (χ0) is 17.0. The second-order valence-electron chi connectivity index (χ2n) is 5.36. The summed E-state index contributed by atoms with van der Waals surface area (Å²) in [6.07, 6.45) is -0.605. The molecule has 0 saturated carbocycles. The summed E-state index contributed by atoms with van der Waals surface area (Å²) in [6.45, 7) is 3.60. The fourth-order valence-corrected chi connectivity index (χ4v) is 2.14. The lowest BCUT2D eigenvalue weighted by molar-refractivity contribution is -0.139. The molecule has 1 saturated heterocycles. The second-order valence-corrected chi connectivity index (χ2v) is 5.36. The molecule has 1 aliphatic rings. The molecule has 126 valence electrons. The van der Waals surface area contributed by atoms with Crippen molar-refractivity contribution < 1.29 is 28.5 Å². The molecule has 1 heterocycles. The number of esters is 1. The lowest BCUT2D eigenvalue weighted by Crippen LogP contribution is -2.26. The molecule has 2 rings (SSSR count). The number of hydrogen-bond donors (Lipinski definition) is 1. The number of carbonyl (C=O) groups is 1. The summed E-state index contributed by atoms with van der Waals surface area (Å²) in [5.74, 6) is 0.0118. The summed E-state index contributed by atoms with van der Waals surface area (Å²) in [7, 11) is 2.84. The van der Waals surface area contributed by atoms with E-state index in [2.05, 4.69) is 4.74 Å². The van der Waals surface area contributed by atoms with E-state index in [0.29, 0.717) is 5.75 Å². The summed E-state index contributed by atoms with van der Waals surface area (Å²) < 4.78 is 26.7. The molecule has 0 aliphatic carbocycles. The van der Waals surface area contributed by atoms with Gasteiger partial charge in [-0.05, 0) is 24.3 Å². The topological polar surface area (TPSA) is 89.2 Å². The van der Waals surface area contributed by atoms with Crippen LogP contribution < -0.4 is 15.2 Å². The highest BCUT2D eigenvalue weighted by atomic mass is 16.8. The maximum atomic E-state index is 11.6. The van der Waals surface area contributed by atoms with Gasteiger partial charge in [-0.25, -0.2) is 4.79 Å². The molecule has 7 heteroatoms. The van der Waals surface area contributed by atoms with Gasteiger partial charge in [0.15, 0.2) is 17.6 Å². The van der Waals surface area contributed by atoms with Gasteiger partial charge in [-0.15, -0.1) is 0 Å². The van der Waals surface area contributed by atoms with Crippen LogP contribution in [0.2, 0.25) is 0 Å². The van der Waals surface area contributed by atoms with Gasteiger partial charge in [0, 0.05) is 13.8 Å². The van der Waals surface area contributed by atoms with Crippen LogP contribution in [-0.4, -0.2) is 38.7 Å². The summed E-state index contributed by atoms with van der Waals surface area (Å²) in [4.78, 5) is 11.6. The highest BCUT2D eigenvalue weighted by molar-refractivity contribution is 5.88. The van der Waals surface area contributed by atoms with Crippen LogP contribution in [0.25, 0.3) is 0 Å². The van der Waals surface area contributed by atoms with Gasteiger partial charge in [-0.1, -0.05) is 0 Å². The van der Waals surface area contributed by atoms with Crippen LogP contribution in [0.15, 0.2) is 35.7 Å². The summed E-state index contributed by atoms with van der Waals surface area (Å²) in [5, 5.41) is 0. The molecule has 1 fully saturated rings. The molecule has 0 unspecified atom stereocenters. The van der Waals surface area contributed by atoms with E-state index in [0.717, 1.165) is 5.75 Å². The molecule has 1 atom stereocenters. The second kappa shape index (κ2) is 6.78. The van der Waals surface area contributed by atoms with Crippen molar-refractivity contribution in [2.75, 3.05) is 20.8 Å². The standard InChI is InChI=1S/C16H21NO6/c1-16(2)22-12(14(23-16)13(17)15(18)20-4)9-21-11-7-5-10(19-3)6-8-11/h5-8,12H,9,17H2,1-4H3/b14-13-/t12-/m0/s1. The monoisotopic (exact) mass is 323 g/mol. The number of benzene rings is 1. The Morgan fingerprint density at radius 3 is 2.39 bits per heavy atom. The van der Waals surface area contributed by atoms with Gasteiger partial charge in [-0.2, -0.15) is 0 Å². The number of rotatable bonds is 5. The molecule has 23 heavy (non-hydrogen) atoms. The maximum absolute atomic E-state index is 11.6. The molecule has 1 aromatic carbocycles. The normalized spacial score (nSPS) is 21.3. The molecule has 1 aromatic rings. The molecule has 0 radical (unpaired) electrons. The lowest BCUT2D eigenvalue weighted by Gasteiger charge is -2.16. The number of hydrogen-bond acceptors (Lipinski definition) is 7. The molecular weight excluding hydrogens is 302 g/mol. The maximum Gasteiger partial charge on any atom is 0.357 e. The Morgan fingerprint density at radius 1 is 1.22 bits per heavy atom. The Balaban J connectivity index is 2.10. The fraction of sp³-hybridized carbons (Fsp3) is 0.438. The minimum absolute atomic E-state index is 0.124. The van der Waals surface area contributed by atoms with E-state index in [1.54, 1.807) is 45.2 Å². The first kappa shape index (κ1) is 17.0. The fourth-order valence-electron chi connectivity index (χ4n) is 2.14. The molecule has 1 aliphatic heterocycles. The summed E-state index contributed by atoms with van der Waals surface area (Å²) in [5.41, 5.74) is 5.66. The van der Waals surface area contributed by atoms with Gasteiger partial charge in [-0.3, -0.25) is 0 Å². The first-order valence-corrected chi connectivity index (χ1v) is 7.08. The van der Waals surface area contributed by atoms with Crippen molar-refractivity contribution in [1.29, 1.82) is 0 Å². The molecular formula is C16H21NO6. The quantitative estimate of drug-likeness (QED) is 0.650. The molecule has 0 amide bonds.